The highest BCUT2D eigenvalue weighted by Crippen LogP contribution is 2.27. The number of aryl methyl sites for hydroxylation is 2. The summed E-state index contributed by atoms with van der Waals surface area (Å²) in [5.74, 6) is 0. The Labute approximate surface area is 104 Å². The van der Waals surface area contributed by atoms with Crippen molar-refractivity contribution in [3.63, 3.8) is 0 Å². The molecule has 0 N–H and O–H groups in total. The van der Waals surface area contributed by atoms with Gasteiger partial charge in [-0.25, -0.2) is 4.68 Å². The lowest BCUT2D eigenvalue weighted by Crippen LogP contribution is -2.05. The van der Waals surface area contributed by atoms with Gasteiger partial charge in [0.25, 0.3) is 0 Å². The molecule has 1 atom stereocenters. The Bertz CT molecular complexity index is 563. The molecule has 0 aliphatic rings. The second kappa shape index (κ2) is 4.71. The maximum atomic E-state index is 5.37. The summed E-state index contributed by atoms with van der Waals surface area (Å²) in [7, 11) is 2.54. The zero-order chi connectivity index (χ0) is 12.6. The molecule has 0 aliphatic carbocycles. The largest absolute Gasteiger partial charge is 0.355 e. The molecule has 92 valence electrons. The molecule has 1 heterocycles. The second-order valence-corrected chi connectivity index (χ2v) is 4.62. The van der Waals surface area contributed by atoms with Crippen molar-refractivity contribution in [2.24, 2.45) is 0 Å². The van der Waals surface area contributed by atoms with Crippen molar-refractivity contribution in [2.45, 2.75) is 34.4 Å². The number of fused-ring (bicyclic) bond motifs is 1. The predicted octanol–water partition coefficient (Wildman–Crippen LogP) is 2.47. The zero-order valence-electron chi connectivity index (χ0n) is 10.7. The van der Waals surface area contributed by atoms with Crippen LogP contribution in [-0.2, 0) is 11.5 Å². The fourth-order valence-corrected chi connectivity index (χ4v) is 2.19. The van der Waals surface area contributed by atoms with Crippen molar-refractivity contribution in [1.29, 1.82) is 0 Å². The standard InChI is InChI=1S/C12H18N3OP/c1-7-8(2)10(4)12-11(9(7)3)13-14-15(12)5-16-6-17/h5-6,17H2,1-4H3. The van der Waals surface area contributed by atoms with E-state index in [0.29, 0.717) is 13.1 Å². The van der Waals surface area contributed by atoms with E-state index in [1.54, 1.807) is 0 Å². The molecule has 2 aromatic rings. The minimum absolute atomic E-state index is 0.447. The first-order valence-corrected chi connectivity index (χ1v) is 6.47. The molecule has 0 saturated heterocycles. The van der Waals surface area contributed by atoms with Gasteiger partial charge in [-0.15, -0.1) is 14.3 Å². The van der Waals surface area contributed by atoms with Gasteiger partial charge in [0.2, 0.25) is 0 Å². The number of aromatic nitrogens is 3. The lowest BCUT2D eigenvalue weighted by molar-refractivity contribution is 0.109. The Morgan fingerprint density at radius 2 is 1.71 bits per heavy atom. The lowest BCUT2D eigenvalue weighted by atomic mass is 9.97. The van der Waals surface area contributed by atoms with Crippen LogP contribution in [0.25, 0.3) is 11.0 Å². The Kier molecular flexibility index (Phi) is 3.45. The highest BCUT2D eigenvalue weighted by Gasteiger charge is 2.14. The molecule has 0 saturated carbocycles. The quantitative estimate of drug-likeness (QED) is 0.787. The van der Waals surface area contributed by atoms with Crippen molar-refractivity contribution in [3.8, 4) is 0 Å². The summed E-state index contributed by atoms with van der Waals surface area (Å²) in [6.07, 6.45) is 0.601. The third-order valence-corrected chi connectivity index (χ3v) is 3.70. The van der Waals surface area contributed by atoms with E-state index in [1.165, 1.54) is 22.3 Å². The lowest BCUT2D eigenvalue weighted by Gasteiger charge is -2.11. The Morgan fingerprint density at radius 1 is 1.06 bits per heavy atom. The normalized spacial score (nSPS) is 11.4. The van der Waals surface area contributed by atoms with E-state index in [1.807, 2.05) is 4.68 Å². The molecule has 2 rings (SSSR count). The van der Waals surface area contributed by atoms with E-state index in [2.05, 4.69) is 47.2 Å². The highest BCUT2D eigenvalue weighted by molar-refractivity contribution is 7.16. The van der Waals surface area contributed by atoms with E-state index < -0.39 is 0 Å². The fraction of sp³-hybridized carbons (Fsp3) is 0.500. The number of benzene rings is 1. The summed E-state index contributed by atoms with van der Waals surface area (Å²) in [4.78, 5) is 0. The van der Waals surface area contributed by atoms with Crippen LogP contribution in [0.2, 0.25) is 0 Å². The molecule has 1 aromatic heterocycles. The van der Waals surface area contributed by atoms with Crippen LogP contribution in [-0.4, -0.2) is 21.3 Å². The summed E-state index contributed by atoms with van der Waals surface area (Å²) in [5, 5.41) is 8.43. The van der Waals surface area contributed by atoms with E-state index in [9.17, 15) is 0 Å². The molecule has 0 aliphatic heterocycles. The maximum Gasteiger partial charge on any atom is 0.142 e. The van der Waals surface area contributed by atoms with Crippen molar-refractivity contribution >= 4 is 20.3 Å². The average molecular weight is 251 g/mol. The van der Waals surface area contributed by atoms with Gasteiger partial charge in [0.1, 0.15) is 12.2 Å². The summed E-state index contributed by atoms with van der Waals surface area (Å²) in [6, 6.07) is 0. The Balaban J connectivity index is 2.67. The molecule has 1 unspecified atom stereocenters. The van der Waals surface area contributed by atoms with Gasteiger partial charge in [0.05, 0.1) is 11.9 Å². The number of hydrogen-bond donors (Lipinski definition) is 0. The zero-order valence-corrected chi connectivity index (χ0v) is 11.9. The average Bonchev–Trinajstić information content (AvgIpc) is 2.75. The molecule has 1 aromatic carbocycles. The topological polar surface area (TPSA) is 39.9 Å². The SMILES string of the molecule is Cc1c(C)c(C)c2c(nnn2COCP)c1C. The third-order valence-electron chi connectivity index (χ3n) is 3.46. The van der Waals surface area contributed by atoms with Crippen LogP contribution >= 0.6 is 9.24 Å². The summed E-state index contributed by atoms with van der Waals surface area (Å²) in [6.45, 7) is 8.94. The van der Waals surface area contributed by atoms with Gasteiger partial charge in [-0.1, -0.05) is 5.21 Å². The maximum absolute atomic E-state index is 5.37. The van der Waals surface area contributed by atoms with Gasteiger partial charge in [0, 0.05) is 0 Å². The molecule has 0 bridgehead atoms. The second-order valence-electron chi connectivity index (χ2n) is 4.29. The van der Waals surface area contributed by atoms with Crippen LogP contribution in [0.5, 0.6) is 0 Å². The molecule has 0 fully saturated rings. The van der Waals surface area contributed by atoms with E-state index in [-0.39, 0.29) is 0 Å². The van der Waals surface area contributed by atoms with Crippen LogP contribution in [0, 0.1) is 27.7 Å². The highest BCUT2D eigenvalue weighted by atomic mass is 31.0. The van der Waals surface area contributed by atoms with E-state index >= 15 is 0 Å². The molecule has 0 radical (unpaired) electrons. The van der Waals surface area contributed by atoms with Crippen molar-refractivity contribution in [1.82, 2.24) is 15.0 Å². The molecular weight excluding hydrogens is 233 g/mol. The van der Waals surface area contributed by atoms with Crippen molar-refractivity contribution in [3.05, 3.63) is 22.3 Å². The smallest absolute Gasteiger partial charge is 0.142 e. The molecule has 0 amide bonds. The molecule has 5 heteroatoms. The van der Waals surface area contributed by atoms with Crippen LogP contribution in [0.3, 0.4) is 0 Å². The third kappa shape index (κ3) is 1.96. The molecule has 4 nitrogen and oxygen atoms in total. The first kappa shape index (κ1) is 12.5. The first-order valence-electron chi connectivity index (χ1n) is 5.65. The van der Waals surface area contributed by atoms with Gasteiger partial charge in [-0.2, -0.15) is 0 Å². The number of ether oxygens (including phenoxy) is 1. The molecule has 0 spiro atoms. The van der Waals surface area contributed by atoms with E-state index in [0.717, 1.165) is 11.0 Å². The van der Waals surface area contributed by atoms with Gasteiger partial charge >= 0.3 is 0 Å². The molecule has 17 heavy (non-hydrogen) atoms. The number of hydrogen-bond acceptors (Lipinski definition) is 3. The first-order chi connectivity index (χ1) is 8.07. The van der Waals surface area contributed by atoms with Crippen molar-refractivity contribution in [2.75, 3.05) is 6.35 Å². The van der Waals surface area contributed by atoms with Gasteiger partial charge in [0.15, 0.2) is 0 Å². The Morgan fingerprint density at radius 3 is 2.35 bits per heavy atom. The van der Waals surface area contributed by atoms with Crippen LogP contribution < -0.4 is 0 Å². The van der Waals surface area contributed by atoms with Gasteiger partial charge < -0.3 is 4.74 Å². The Hall–Kier alpha value is -0.990. The van der Waals surface area contributed by atoms with Crippen LogP contribution in [0.4, 0.5) is 0 Å². The van der Waals surface area contributed by atoms with Gasteiger partial charge in [-0.05, 0) is 49.9 Å². The summed E-state index contributed by atoms with van der Waals surface area (Å²) in [5.41, 5.74) is 7.13. The number of nitrogens with zero attached hydrogens (tertiary/aromatic N) is 3. The number of rotatable bonds is 3. The van der Waals surface area contributed by atoms with Gasteiger partial charge in [-0.3, -0.25) is 0 Å². The minimum Gasteiger partial charge on any atom is -0.355 e. The molecular formula is C12H18N3OP. The predicted molar refractivity (Wildman–Crippen MR) is 72.1 cm³/mol. The van der Waals surface area contributed by atoms with E-state index in [4.69, 9.17) is 4.74 Å². The van der Waals surface area contributed by atoms with Crippen LogP contribution in [0.15, 0.2) is 0 Å². The fourth-order valence-electron chi connectivity index (χ4n) is 2.08. The van der Waals surface area contributed by atoms with Crippen molar-refractivity contribution < 1.29 is 4.74 Å². The van der Waals surface area contributed by atoms with Crippen LogP contribution in [0.1, 0.15) is 22.3 Å². The summed E-state index contributed by atoms with van der Waals surface area (Å²) >= 11 is 0. The summed E-state index contributed by atoms with van der Waals surface area (Å²) < 4.78 is 7.20. The monoisotopic (exact) mass is 251 g/mol. The minimum atomic E-state index is 0.447.